The molecule has 0 bridgehead atoms. The molecule has 0 aliphatic carbocycles. The number of nitrogens with one attached hydrogen (secondary N) is 1. The van der Waals surface area contributed by atoms with E-state index >= 15 is 0 Å². The van der Waals surface area contributed by atoms with Gasteiger partial charge in [0.15, 0.2) is 6.29 Å². The molecule has 0 unspecified atom stereocenters. The highest BCUT2D eigenvalue weighted by atomic mass is 19.2. The zero-order valence-corrected chi connectivity index (χ0v) is 26.9. The summed E-state index contributed by atoms with van der Waals surface area (Å²) in [6.07, 6.45) is -5.12. The van der Waals surface area contributed by atoms with Crippen molar-refractivity contribution in [2.45, 2.75) is 57.0 Å². The minimum Gasteiger partial charge on any atom is -0.420 e. The molecule has 0 radical (unpaired) electrons. The SMILES string of the molecule is CC(=O)NC[C@H]1O[C@H](OCCc2cn(CCOCCOCCOCCOCCC(=O)Oc3c(F)c(F)c(F)c(F)c3F)nn2)[C@@H](O)[C@@H](O)[C@@H]1O. The molecule has 1 aromatic carbocycles. The summed E-state index contributed by atoms with van der Waals surface area (Å²) in [5, 5.41) is 40.8. The van der Waals surface area contributed by atoms with Crippen LogP contribution in [0, 0.1) is 29.1 Å². The maximum Gasteiger partial charge on any atom is 0.313 e. The van der Waals surface area contributed by atoms with Gasteiger partial charge in [-0.05, 0) is 0 Å². The van der Waals surface area contributed by atoms with Crippen LogP contribution in [0.3, 0.4) is 0 Å². The van der Waals surface area contributed by atoms with E-state index in [0.29, 0.717) is 31.9 Å². The Bertz CT molecular complexity index is 1350. The number of carbonyl (C=O) groups excluding carboxylic acids is 2. The molecule has 1 aliphatic heterocycles. The van der Waals surface area contributed by atoms with Crippen molar-refractivity contribution < 1.29 is 80.0 Å². The molecule has 50 heavy (non-hydrogen) atoms. The molecule has 1 aromatic heterocycles. The van der Waals surface area contributed by atoms with Gasteiger partial charge in [0, 0.05) is 26.1 Å². The van der Waals surface area contributed by atoms with Crippen molar-refractivity contribution in [2.75, 3.05) is 66.0 Å². The predicted molar refractivity (Wildman–Crippen MR) is 155 cm³/mol. The smallest absolute Gasteiger partial charge is 0.313 e. The quantitative estimate of drug-likeness (QED) is 0.0303. The number of nitrogens with zero attached hydrogens (tertiary/aromatic N) is 3. The van der Waals surface area contributed by atoms with E-state index in [1.807, 2.05) is 0 Å². The third-order valence-electron chi connectivity index (χ3n) is 6.86. The van der Waals surface area contributed by atoms with Crippen molar-refractivity contribution >= 4 is 11.9 Å². The van der Waals surface area contributed by atoms with Crippen molar-refractivity contribution in [3.05, 3.63) is 41.0 Å². The summed E-state index contributed by atoms with van der Waals surface area (Å²) in [6.45, 7) is 3.01. The van der Waals surface area contributed by atoms with Gasteiger partial charge in [0.1, 0.15) is 24.4 Å². The van der Waals surface area contributed by atoms with Crippen molar-refractivity contribution in [3.63, 3.8) is 0 Å². The molecule has 5 atom stereocenters. The molecule has 0 saturated carbocycles. The number of aliphatic hydroxyl groups is 3. The van der Waals surface area contributed by atoms with Crippen LogP contribution >= 0.6 is 0 Å². The first-order chi connectivity index (χ1) is 23.9. The fourth-order valence-corrected chi connectivity index (χ4v) is 4.22. The lowest BCUT2D eigenvalue weighted by atomic mass is 9.99. The standard InChI is InChI=1S/C29H39F5N4O12/c1-16(39)35-14-18-25(41)26(42)27(43)29(49-18)48-6-2-17-15-38(37-36-17)4-7-45-9-11-47-13-12-46-10-8-44-5-3-19(40)50-28-23(33)21(31)20(30)22(32)24(28)34/h15,18,25-27,29,41-43H,2-14H2,1H3,(H,35,39)/t18-,25-,26+,27+,29+/m1/s1. The van der Waals surface area contributed by atoms with Crippen LogP contribution in [-0.4, -0.2) is 139 Å². The highest BCUT2D eigenvalue weighted by molar-refractivity contribution is 5.73. The number of hydrogen-bond donors (Lipinski definition) is 4. The number of halogens is 5. The van der Waals surface area contributed by atoms with Crippen LogP contribution in [0.25, 0.3) is 0 Å². The normalized spacial score (nSPS) is 20.6. The largest absolute Gasteiger partial charge is 0.420 e. The minimum atomic E-state index is -2.36. The topological polar surface area (TPSA) is 202 Å². The van der Waals surface area contributed by atoms with Crippen LogP contribution < -0.4 is 10.1 Å². The second-order valence-corrected chi connectivity index (χ2v) is 10.6. The number of amides is 1. The number of esters is 1. The molecule has 1 saturated heterocycles. The lowest BCUT2D eigenvalue weighted by molar-refractivity contribution is -0.295. The average molecular weight is 731 g/mol. The van der Waals surface area contributed by atoms with Crippen LogP contribution in [0.2, 0.25) is 0 Å². The molecule has 2 aromatic rings. The Balaban J connectivity index is 1.15. The molecule has 0 spiro atoms. The van der Waals surface area contributed by atoms with E-state index in [2.05, 4.69) is 20.4 Å². The molecule has 1 fully saturated rings. The zero-order valence-electron chi connectivity index (χ0n) is 26.9. The monoisotopic (exact) mass is 730 g/mol. The van der Waals surface area contributed by atoms with Gasteiger partial charge in [-0.1, -0.05) is 5.21 Å². The van der Waals surface area contributed by atoms with Gasteiger partial charge in [0.05, 0.1) is 78.1 Å². The van der Waals surface area contributed by atoms with Crippen molar-refractivity contribution in [3.8, 4) is 5.75 Å². The summed E-state index contributed by atoms with van der Waals surface area (Å²) < 4.78 is 105. The molecule has 3 rings (SSSR count). The number of ether oxygens (including phenoxy) is 7. The molecule has 21 heteroatoms. The summed E-state index contributed by atoms with van der Waals surface area (Å²) in [7, 11) is 0. The molecule has 1 amide bonds. The van der Waals surface area contributed by atoms with E-state index in [4.69, 9.17) is 28.4 Å². The number of benzene rings is 1. The molecule has 2 heterocycles. The van der Waals surface area contributed by atoms with Crippen LogP contribution in [-0.2, 0) is 51.0 Å². The van der Waals surface area contributed by atoms with E-state index in [9.17, 15) is 46.9 Å². The second kappa shape index (κ2) is 21.1. The Morgan fingerprint density at radius 1 is 0.800 bits per heavy atom. The fourth-order valence-electron chi connectivity index (χ4n) is 4.22. The Hall–Kier alpha value is -3.41. The van der Waals surface area contributed by atoms with E-state index < -0.39 is 77.9 Å². The van der Waals surface area contributed by atoms with E-state index in [1.54, 1.807) is 10.9 Å². The summed E-state index contributed by atoms with van der Waals surface area (Å²) in [5.74, 6) is -14.6. The number of hydrogen-bond acceptors (Lipinski definition) is 14. The van der Waals surface area contributed by atoms with Crippen LogP contribution in [0.15, 0.2) is 6.20 Å². The number of aromatic nitrogens is 3. The highest BCUT2D eigenvalue weighted by Crippen LogP contribution is 2.29. The Labute approximate surface area is 282 Å². The third-order valence-corrected chi connectivity index (χ3v) is 6.86. The van der Waals surface area contributed by atoms with Crippen molar-refractivity contribution in [1.82, 2.24) is 20.3 Å². The summed E-state index contributed by atoms with van der Waals surface area (Å²) in [6, 6.07) is 0. The fraction of sp³-hybridized carbons (Fsp3) is 0.655. The second-order valence-electron chi connectivity index (χ2n) is 10.6. The summed E-state index contributed by atoms with van der Waals surface area (Å²) in [4.78, 5) is 22.8. The van der Waals surface area contributed by atoms with Gasteiger partial charge < -0.3 is 53.8 Å². The molecule has 16 nitrogen and oxygen atoms in total. The molecule has 4 N–H and O–H groups in total. The highest BCUT2D eigenvalue weighted by Gasteiger charge is 2.44. The lowest BCUT2D eigenvalue weighted by Crippen LogP contribution is -2.60. The van der Waals surface area contributed by atoms with Crippen molar-refractivity contribution in [2.24, 2.45) is 0 Å². The molecular weight excluding hydrogens is 691 g/mol. The van der Waals surface area contributed by atoms with Crippen LogP contribution in [0.4, 0.5) is 22.0 Å². The number of carbonyl (C=O) groups is 2. The Kier molecular flexibility index (Phi) is 17.3. The van der Waals surface area contributed by atoms with Gasteiger partial charge in [-0.15, -0.1) is 5.10 Å². The Morgan fingerprint density at radius 2 is 1.36 bits per heavy atom. The maximum atomic E-state index is 13.6. The van der Waals surface area contributed by atoms with E-state index in [-0.39, 0.29) is 58.7 Å². The van der Waals surface area contributed by atoms with Gasteiger partial charge in [0.2, 0.25) is 40.7 Å². The van der Waals surface area contributed by atoms with E-state index in [0.717, 1.165) is 0 Å². The van der Waals surface area contributed by atoms with Gasteiger partial charge in [-0.3, -0.25) is 9.59 Å². The van der Waals surface area contributed by atoms with Crippen LogP contribution in [0.5, 0.6) is 5.75 Å². The molecular formula is C29H39F5N4O12. The van der Waals surface area contributed by atoms with E-state index in [1.165, 1.54) is 6.92 Å². The van der Waals surface area contributed by atoms with Gasteiger partial charge >= 0.3 is 5.97 Å². The first kappa shape index (κ1) is 41.0. The van der Waals surface area contributed by atoms with Gasteiger partial charge in [-0.25, -0.2) is 17.9 Å². The zero-order chi connectivity index (χ0) is 36.6. The van der Waals surface area contributed by atoms with Crippen LogP contribution in [0.1, 0.15) is 19.0 Å². The Morgan fingerprint density at radius 3 is 1.96 bits per heavy atom. The summed E-state index contributed by atoms with van der Waals surface area (Å²) >= 11 is 0. The predicted octanol–water partition coefficient (Wildman–Crippen LogP) is -0.461. The first-order valence-corrected chi connectivity index (χ1v) is 15.4. The third kappa shape index (κ3) is 12.7. The van der Waals surface area contributed by atoms with Gasteiger partial charge in [-0.2, -0.15) is 8.78 Å². The average Bonchev–Trinajstić information content (AvgIpc) is 3.55. The summed E-state index contributed by atoms with van der Waals surface area (Å²) in [5.41, 5.74) is 0.591. The molecule has 282 valence electrons. The van der Waals surface area contributed by atoms with Crippen molar-refractivity contribution in [1.29, 1.82) is 0 Å². The number of aliphatic hydroxyl groups excluding tert-OH is 3. The molecule has 1 aliphatic rings. The lowest BCUT2D eigenvalue weighted by Gasteiger charge is -2.40. The number of rotatable bonds is 22. The minimum absolute atomic E-state index is 0.0463. The maximum absolute atomic E-state index is 13.6. The first-order valence-electron chi connectivity index (χ1n) is 15.4. The van der Waals surface area contributed by atoms with Gasteiger partial charge in [0.25, 0.3) is 0 Å².